The first-order chi connectivity index (χ1) is 31.6. The predicted octanol–water partition coefficient (Wildman–Crippen LogP) is 18.7. The molecule has 10 rings (SSSR count). The van der Waals surface area contributed by atoms with E-state index in [0.29, 0.717) is 0 Å². The Morgan fingerprint density at radius 3 is 1.07 bits per heavy atom. The summed E-state index contributed by atoms with van der Waals surface area (Å²) < 4.78 is 0. The Balaban J connectivity index is 1.22. The summed E-state index contributed by atoms with van der Waals surface area (Å²) in [6.07, 6.45) is 0. The van der Waals surface area contributed by atoms with Crippen LogP contribution in [0.25, 0.3) is 55.6 Å². The van der Waals surface area contributed by atoms with Crippen LogP contribution in [0.5, 0.6) is 0 Å². The first-order valence-electron chi connectivity index (χ1n) is 24.4. The van der Waals surface area contributed by atoms with Crippen molar-refractivity contribution in [2.24, 2.45) is 0 Å². The highest BCUT2D eigenvalue weighted by atomic mass is 15.1. The van der Waals surface area contributed by atoms with Gasteiger partial charge in [0.25, 0.3) is 0 Å². The van der Waals surface area contributed by atoms with E-state index in [-0.39, 0.29) is 27.1 Å². The molecular formula is C66H67N. The Morgan fingerprint density at radius 1 is 0.299 bits per heavy atom. The lowest BCUT2D eigenvalue weighted by molar-refractivity contribution is 0.584. The smallest absolute Gasteiger partial charge is 0.0474 e. The number of rotatable bonds is 6. The SMILES string of the molecule is CC(C)(C)c1ccc2c(c1)C(C)(C)c1cc(-c3cc(N(c4ccccc4)c4ccc(-c5ccccc5)cc4)cc(-c4ccc5c(c4)C(C)(C)c4cc(C(C)(C)C)ccc4-5)c3C(C)(C)C)ccc1-2. The zero-order valence-corrected chi connectivity index (χ0v) is 42.1. The first kappa shape index (κ1) is 44.4. The summed E-state index contributed by atoms with van der Waals surface area (Å²) in [4.78, 5) is 2.45. The van der Waals surface area contributed by atoms with E-state index in [9.17, 15) is 0 Å². The van der Waals surface area contributed by atoms with Gasteiger partial charge in [-0.2, -0.15) is 0 Å². The van der Waals surface area contributed by atoms with E-state index in [2.05, 4.69) is 265 Å². The summed E-state index contributed by atoms with van der Waals surface area (Å²) in [7, 11) is 0. The van der Waals surface area contributed by atoms with E-state index < -0.39 is 0 Å². The van der Waals surface area contributed by atoms with Crippen LogP contribution < -0.4 is 4.90 Å². The lowest BCUT2D eigenvalue weighted by Gasteiger charge is -2.32. The minimum absolute atomic E-state index is 0.0704. The first-order valence-corrected chi connectivity index (χ1v) is 24.4. The Morgan fingerprint density at radius 2 is 0.657 bits per heavy atom. The highest BCUT2D eigenvalue weighted by Crippen LogP contribution is 2.55. The number of hydrogen-bond donors (Lipinski definition) is 0. The lowest BCUT2D eigenvalue weighted by Crippen LogP contribution is -2.19. The molecule has 67 heavy (non-hydrogen) atoms. The molecule has 0 bridgehead atoms. The quantitative estimate of drug-likeness (QED) is 0.161. The number of benzene rings is 8. The van der Waals surface area contributed by atoms with Crippen molar-refractivity contribution < 1.29 is 0 Å². The van der Waals surface area contributed by atoms with Crippen LogP contribution in [-0.2, 0) is 27.1 Å². The summed E-state index contributed by atoms with van der Waals surface area (Å²) in [6.45, 7) is 30.8. The fourth-order valence-corrected chi connectivity index (χ4v) is 11.2. The summed E-state index contributed by atoms with van der Waals surface area (Å²) in [5.41, 5.74) is 25.6. The van der Waals surface area contributed by atoms with E-state index in [0.717, 1.165) is 17.1 Å². The third-order valence-electron chi connectivity index (χ3n) is 15.1. The molecule has 336 valence electrons. The molecule has 0 aliphatic heterocycles. The van der Waals surface area contributed by atoms with Crippen molar-refractivity contribution in [1.29, 1.82) is 0 Å². The molecular weight excluding hydrogens is 807 g/mol. The van der Waals surface area contributed by atoms with Gasteiger partial charge in [0.05, 0.1) is 0 Å². The zero-order chi connectivity index (χ0) is 47.4. The van der Waals surface area contributed by atoms with Gasteiger partial charge >= 0.3 is 0 Å². The molecule has 1 heteroatoms. The largest absolute Gasteiger partial charge is 0.310 e. The van der Waals surface area contributed by atoms with Crippen LogP contribution >= 0.6 is 0 Å². The van der Waals surface area contributed by atoms with Gasteiger partial charge in [0.1, 0.15) is 0 Å². The number of fused-ring (bicyclic) bond motifs is 6. The maximum atomic E-state index is 2.53. The highest BCUT2D eigenvalue weighted by molar-refractivity contribution is 5.93. The summed E-state index contributed by atoms with van der Waals surface area (Å²) in [6, 6.07) is 64.7. The summed E-state index contributed by atoms with van der Waals surface area (Å²) >= 11 is 0. The zero-order valence-electron chi connectivity index (χ0n) is 42.1. The Hall–Kier alpha value is -6.44. The average Bonchev–Trinajstić information content (AvgIpc) is 3.66. The molecule has 0 heterocycles. The number of nitrogens with zero attached hydrogens (tertiary/aromatic N) is 1. The lowest BCUT2D eigenvalue weighted by atomic mass is 9.75. The van der Waals surface area contributed by atoms with Crippen LogP contribution in [-0.4, -0.2) is 0 Å². The van der Waals surface area contributed by atoms with Crippen molar-refractivity contribution in [2.75, 3.05) is 4.90 Å². The number of hydrogen-bond acceptors (Lipinski definition) is 1. The second-order valence-electron chi connectivity index (χ2n) is 23.5. The monoisotopic (exact) mass is 874 g/mol. The van der Waals surface area contributed by atoms with Crippen LogP contribution in [0.3, 0.4) is 0 Å². The van der Waals surface area contributed by atoms with E-state index in [1.807, 2.05) is 0 Å². The van der Waals surface area contributed by atoms with E-state index >= 15 is 0 Å². The summed E-state index contributed by atoms with van der Waals surface area (Å²) in [5, 5.41) is 0. The molecule has 0 radical (unpaired) electrons. The molecule has 2 aliphatic rings. The van der Waals surface area contributed by atoms with Gasteiger partial charge in [0.15, 0.2) is 0 Å². The molecule has 2 aliphatic carbocycles. The molecule has 0 atom stereocenters. The van der Waals surface area contributed by atoms with Crippen LogP contribution in [0.2, 0.25) is 0 Å². The molecule has 0 saturated heterocycles. The molecule has 8 aromatic rings. The topological polar surface area (TPSA) is 3.24 Å². The molecule has 0 spiro atoms. The number of para-hydroxylation sites is 1. The van der Waals surface area contributed by atoms with Gasteiger partial charge in [-0.3, -0.25) is 0 Å². The van der Waals surface area contributed by atoms with Crippen LogP contribution in [0.4, 0.5) is 17.1 Å². The summed E-state index contributed by atoms with van der Waals surface area (Å²) in [5.74, 6) is 0. The van der Waals surface area contributed by atoms with Crippen LogP contribution in [0.15, 0.2) is 170 Å². The van der Waals surface area contributed by atoms with Gasteiger partial charge in [-0.05, 0) is 159 Å². The van der Waals surface area contributed by atoms with Gasteiger partial charge in [-0.15, -0.1) is 0 Å². The average molecular weight is 874 g/mol. The minimum atomic E-state index is -0.198. The van der Waals surface area contributed by atoms with Crippen molar-refractivity contribution in [3.05, 3.63) is 209 Å². The number of anilines is 3. The van der Waals surface area contributed by atoms with Gasteiger partial charge < -0.3 is 4.90 Å². The van der Waals surface area contributed by atoms with Crippen LogP contribution in [0, 0.1) is 0 Å². The molecule has 0 N–H and O–H groups in total. The fourth-order valence-electron chi connectivity index (χ4n) is 11.2. The van der Waals surface area contributed by atoms with Crippen molar-refractivity contribution in [3.63, 3.8) is 0 Å². The van der Waals surface area contributed by atoms with E-state index in [1.165, 1.54) is 94.6 Å². The molecule has 0 fully saturated rings. The third kappa shape index (κ3) is 7.56. The van der Waals surface area contributed by atoms with Gasteiger partial charge in [-0.25, -0.2) is 0 Å². The molecule has 0 aromatic heterocycles. The van der Waals surface area contributed by atoms with Crippen molar-refractivity contribution in [3.8, 4) is 55.6 Å². The molecule has 1 nitrogen and oxygen atoms in total. The minimum Gasteiger partial charge on any atom is -0.310 e. The molecule has 8 aromatic carbocycles. The van der Waals surface area contributed by atoms with Gasteiger partial charge in [0, 0.05) is 27.9 Å². The van der Waals surface area contributed by atoms with Gasteiger partial charge in [-0.1, -0.05) is 211 Å². The van der Waals surface area contributed by atoms with Crippen molar-refractivity contribution in [2.45, 2.75) is 117 Å². The second-order valence-corrected chi connectivity index (χ2v) is 23.5. The van der Waals surface area contributed by atoms with Gasteiger partial charge in [0.2, 0.25) is 0 Å². The van der Waals surface area contributed by atoms with E-state index in [1.54, 1.807) is 0 Å². The van der Waals surface area contributed by atoms with Crippen molar-refractivity contribution >= 4 is 17.1 Å². The Bertz CT molecular complexity index is 3050. The standard InChI is InChI=1S/C66H67N/c1-62(2,3)46-28-34-53-51-32-26-44(36-57(51)65(10,11)59(53)38-46)55-40-50(67(48-22-18-15-19-23-48)49-30-24-43(25-31-49)42-20-16-14-17-21-42)41-56(61(55)64(7,8)9)45-27-33-52-54-35-29-47(63(4,5)6)39-60(54)66(12,13)58(52)37-45/h14-41H,1-13H3. The van der Waals surface area contributed by atoms with E-state index in [4.69, 9.17) is 0 Å². The fraction of sp³-hybridized carbons (Fsp3) is 0.273. The normalized spacial score (nSPS) is 14.6. The molecule has 0 saturated carbocycles. The second kappa shape index (κ2) is 15.6. The van der Waals surface area contributed by atoms with Crippen molar-refractivity contribution in [1.82, 2.24) is 0 Å². The third-order valence-corrected chi connectivity index (χ3v) is 15.1. The Labute approximate surface area is 401 Å². The highest BCUT2D eigenvalue weighted by Gasteiger charge is 2.39. The molecule has 0 amide bonds. The Kier molecular flexibility index (Phi) is 10.3. The van der Waals surface area contributed by atoms with Crippen LogP contribution in [0.1, 0.15) is 129 Å². The maximum absolute atomic E-state index is 2.53. The predicted molar refractivity (Wildman–Crippen MR) is 289 cm³/mol. The maximum Gasteiger partial charge on any atom is 0.0474 e. The molecule has 0 unspecified atom stereocenters.